The third-order valence-electron chi connectivity index (χ3n) is 0.136. The third-order valence-corrected chi connectivity index (χ3v) is 3.67. The Bertz CT molecular complexity index is 21.6. The molecule has 8 heavy (non-hydrogen) atoms. The van der Waals surface area contributed by atoms with Gasteiger partial charge < -0.3 is 0 Å². The molecular weight excluding hydrogens is 196 g/mol. The van der Waals surface area contributed by atoms with E-state index in [1.165, 1.54) is 10.8 Å². The lowest BCUT2D eigenvalue weighted by atomic mass is 12.0. The number of rotatable bonds is 2. The molecule has 0 spiro atoms. The fourth-order valence-electron chi connectivity index (χ4n) is 0.0680. The van der Waals surface area contributed by atoms with Crippen LogP contribution in [0, 0.1) is 0 Å². The maximum Gasteiger partial charge on any atom is -0.00709 e. The smallest absolute Gasteiger partial charge is 0.00709 e. The van der Waals surface area contributed by atoms with E-state index in [9.17, 15) is 0 Å². The largest absolute Gasteiger partial charge is 0.112 e. The second-order valence-corrected chi connectivity index (χ2v) is 6.48. The third kappa shape index (κ3) is 25.1. The van der Waals surface area contributed by atoms with Crippen molar-refractivity contribution in [1.82, 2.24) is 0 Å². The molecule has 0 aromatic carbocycles. The molecule has 0 N–H and O–H groups in total. The van der Waals surface area contributed by atoms with Gasteiger partial charge in [0.15, 0.2) is 0 Å². The molecule has 0 aliphatic heterocycles. The molecule has 0 nitrogen and oxygen atoms in total. The van der Waals surface area contributed by atoms with E-state index in [0.29, 0.717) is 0 Å². The van der Waals surface area contributed by atoms with Gasteiger partial charge in [-0.15, -0.1) is 22.5 Å². The van der Waals surface area contributed by atoms with Gasteiger partial charge in [-0.25, -0.2) is 0 Å². The second-order valence-electron chi connectivity index (χ2n) is 0.584. The van der Waals surface area contributed by atoms with Crippen molar-refractivity contribution < 1.29 is 0 Å². The van der Waals surface area contributed by atoms with Gasteiger partial charge in [-0.1, -0.05) is 21.6 Å². The second kappa shape index (κ2) is 15.9. The highest BCUT2D eigenvalue weighted by Crippen LogP contribution is 2.28. The van der Waals surface area contributed by atoms with E-state index in [0.717, 1.165) is 0 Å². The molecule has 0 aromatic rings. The van der Waals surface area contributed by atoms with E-state index in [-0.39, 0.29) is 0 Å². The van der Waals surface area contributed by atoms with Crippen LogP contribution in [0.5, 0.6) is 0 Å². The van der Waals surface area contributed by atoms with Gasteiger partial charge >= 0.3 is 0 Å². The fourth-order valence-corrected chi connectivity index (χ4v) is 1.84. The summed E-state index contributed by atoms with van der Waals surface area (Å²) >= 11 is 3.71. The minimum absolute atomic E-state index is 1.44. The molecule has 0 amide bonds. The first-order valence-corrected chi connectivity index (χ1v) is 8.32. The van der Waals surface area contributed by atoms with Crippen LogP contribution in [0.15, 0.2) is 0 Å². The topological polar surface area (TPSA) is 0 Å². The molecule has 0 saturated carbocycles. The van der Waals surface area contributed by atoms with Crippen molar-refractivity contribution in [2.75, 3.05) is 18.8 Å². The van der Waals surface area contributed by atoms with Gasteiger partial charge in [0.25, 0.3) is 0 Å². The highest BCUT2D eigenvalue weighted by Gasteiger charge is 1.68. The molecule has 0 atom stereocenters. The molecule has 0 unspecified atom stereocenters. The molecule has 0 rings (SSSR count). The van der Waals surface area contributed by atoms with Gasteiger partial charge in [0.1, 0.15) is 0 Å². The van der Waals surface area contributed by atoms with Gasteiger partial charge in [0.05, 0.1) is 0 Å². The van der Waals surface area contributed by atoms with Crippen LogP contribution in [0.4, 0.5) is 0 Å². The van der Waals surface area contributed by atoms with E-state index < -0.39 is 0 Å². The number of hydrogen-bond donors (Lipinski definition) is 1. The first kappa shape index (κ1) is 12.4. The summed E-state index contributed by atoms with van der Waals surface area (Å²) in [5, 5.41) is 0. The summed E-state index contributed by atoms with van der Waals surface area (Å²) in [5.41, 5.74) is 0. The molecule has 0 radical (unpaired) electrons. The molecule has 0 aliphatic carbocycles. The fraction of sp³-hybridized carbons (Fsp3) is 1.00. The van der Waals surface area contributed by atoms with Gasteiger partial charge in [0.2, 0.25) is 0 Å². The first-order chi connectivity index (χ1) is 3.83. The molecule has 0 saturated heterocycles. The zero-order chi connectivity index (χ0) is 6.83. The SMILES string of the molecule is CSS.CSSSC. The average molecular weight is 206 g/mol. The molecular formula is C3H10S5. The van der Waals surface area contributed by atoms with Crippen LogP contribution >= 0.6 is 53.9 Å². The summed E-state index contributed by atoms with van der Waals surface area (Å²) in [5.74, 6) is 0. The van der Waals surface area contributed by atoms with E-state index in [1.54, 1.807) is 31.4 Å². The van der Waals surface area contributed by atoms with E-state index in [1.807, 2.05) is 6.26 Å². The first-order valence-electron chi connectivity index (χ1n) is 1.74. The molecule has 52 valence electrons. The minimum atomic E-state index is 1.44. The Balaban J connectivity index is 0. The Morgan fingerprint density at radius 2 is 1.25 bits per heavy atom. The van der Waals surface area contributed by atoms with Crippen LogP contribution in [0.1, 0.15) is 0 Å². The van der Waals surface area contributed by atoms with Gasteiger partial charge in [0, 0.05) is 0 Å². The predicted molar refractivity (Wildman–Crippen MR) is 57.1 cm³/mol. The highest BCUT2D eigenvalue weighted by molar-refractivity contribution is 9.09. The standard InChI is InChI=1S/C2H6S3.CH4S2/c1-3-5-4-2;1-3-2/h1-2H3;2H,1H3. The van der Waals surface area contributed by atoms with Crippen LogP contribution in [-0.2, 0) is 0 Å². The summed E-state index contributed by atoms with van der Waals surface area (Å²) in [7, 11) is 6.80. The van der Waals surface area contributed by atoms with Crippen molar-refractivity contribution in [3.8, 4) is 0 Å². The van der Waals surface area contributed by atoms with Crippen LogP contribution < -0.4 is 0 Å². The summed E-state index contributed by atoms with van der Waals surface area (Å²) < 4.78 is 0. The molecule has 0 aliphatic rings. The Kier molecular flexibility index (Phi) is 24.7. The van der Waals surface area contributed by atoms with Gasteiger partial charge in [-0.2, -0.15) is 0 Å². The van der Waals surface area contributed by atoms with Crippen molar-refractivity contribution in [3.05, 3.63) is 0 Å². The van der Waals surface area contributed by atoms with E-state index >= 15 is 0 Å². The van der Waals surface area contributed by atoms with Crippen LogP contribution in [0.3, 0.4) is 0 Å². The van der Waals surface area contributed by atoms with Gasteiger partial charge in [-0.05, 0) is 28.6 Å². The van der Waals surface area contributed by atoms with Crippen molar-refractivity contribution in [2.45, 2.75) is 0 Å². The van der Waals surface area contributed by atoms with Crippen molar-refractivity contribution in [1.29, 1.82) is 0 Å². The predicted octanol–water partition coefficient (Wildman–Crippen LogP) is 3.47. The van der Waals surface area contributed by atoms with Crippen LogP contribution in [0.25, 0.3) is 0 Å². The monoisotopic (exact) mass is 206 g/mol. The number of hydrogen-bond acceptors (Lipinski definition) is 5. The summed E-state index contributed by atoms with van der Waals surface area (Å²) in [4.78, 5) is 0. The molecule has 0 fully saturated rings. The summed E-state index contributed by atoms with van der Waals surface area (Å²) in [6, 6.07) is 0. The van der Waals surface area contributed by atoms with E-state index in [2.05, 4.69) is 24.2 Å². The normalized spacial score (nSPS) is 7.50. The molecule has 5 heteroatoms. The average Bonchev–Trinajstić information content (AvgIpc) is 1.71. The lowest BCUT2D eigenvalue weighted by Crippen LogP contribution is -1.30. The van der Waals surface area contributed by atoms with Gasteiger partial charge in [-0.3, -0.25) is 0 Å². The van der Waals surface area contributed by atoms with Crippen LogP contribution in [0.2, 0.25) is 0 Å². The molecule has 0 heterocycles. The number of thiol groups is 1. The van der Waals surface area contributed by atoms with Crippen molar-refractivity contribution >= 4 is 53.9 Å². The maximum atomic E-state index is 3.71. The zero-order valence-corrected chi connectivity index (χ0v) is 9.24. The Hall–Kier alpha value is 1.75. The minimum Gasteiger partial charge on any atom is -0.112 e. The quantitative estimate of drug-likeness (QED) is 0.542. The van der Waals surface area contributed by atoms with Crippen molar-refractivity contribution in [3.63, 3.8) is 0 Å². The van der Waals surface area contributed by atoms with Crippen LogP contribution in [-0.4, -0.2) is 18.8 Å². The van der Waals surface area contributed by atoms with Crippen molar-refractivity contribution in [2.24, 2.45) is 0 Å². The van der Waals surface area contributed by atoms with E-state index in [4.69, 9.17) is 0 Å². The highest BCUT2D eigenvalue weighted by atomic mass is 33.5. The summed E-state index contributed by atoms with van der Waals surface area (Å²) in [6.07, 6.45) is 6.05. The Labute approximate surface area is 72.3 Å². The zero-order valence-electron chi connectivity index (χ0n) is 5.08. The lowest BCUT2D eigenvalue weighted by Gasteiger charge is -1.78. The molecule has 0 bridgehead atoms. The summed E-state index contributed by atoms with van der Waals surface area (Å²) in [6.45, 7) is 0. The Morgan fingerprint density at radius 3 is 1.25 bits per heavy atom. The Morgan fingerprint density at radius 1 is 1.00 bits per heavy atom. The maximum absolute atomic E-state index is 3.71. The molecule has 0 aromatic heterocycles. The lowest BCUT2D eigenvalue weighted by molar-refractivity contribution is 2.54.